The minimum Gasteiger partial charge on any atom is -0.465 e. The Hall–Kier alpha value is -1.06. The zero-order valence-electron chi connectivity index (χ0n) is 10.4. The van der Waals surface area contributed by atoms with Crippen molar-refractivity contribution in [3.63, 3.8) is 0 Å². The van der Waals surface area contributed by atoms with Gasteiger partial charge in [0.1, 0.15) is 0 Å². The van der Waals surface area contributed by atoms with Gasteiger partial charge in [-0.25, -0.2) is 0 Å². The van der Waals surface area contributed by atoms with Gasteiger partial charge in [0.15, 0.2) is 0 Å². The molecule has 0 bridgehead atoms. The fourth-order valence-electron chi connectivity index (χ4n) is 1.78. The molecular weight excluding hydrogens is 206 g/mol. The van der Waals surface area contributed by atoms with Gasteiger partial charge in [-0.2, -0.15) is 0 Å². The summed E-state index contributed by atoms with van der Waals surface area (Å²) < 4.78 is 5.20. The molecule has 1 fully saturated rings. The Morgan fingerprint density at radius 3 is 2.31 bits per heavy atom. The van der Waals surface area contributed by atoms with Gasteiger partial charge in [0.25, 0.3) is 0 Å². The molecule has 0 N–H and O–H groups in total. The topological polar surface area (TPSA) is 46.6 Å². The molecule has 1 heterocycles. The zero-order chi connectivity index (χ0) is 12.1. The molecule has 92 valence electrons. The molecule has 4 nitrogen and oxygen atoms in total. The summed E-state index contributed by atoms with van der Waals surface area (Å²) in [5, 5.41) is 0. The molecule has 1 aliphatic heterocycles. The van der Waals surface area contributed by atoms with Gasteiger partial charge in [-0.1, -0.05) is 13.8 Å². The van der Waals surface area contributed by atoms with Gasteiger partial charge in [0.2, 0.25) is 5.91 Å². The number of piperidine rings is 1. The summed E-state index contributed by atoms with van der Waals surface area (Å²) in [6.45, 7) is 7.35. The summed E-state index contributed by atoms with van der Waals surface area (Å²) >= 11 is 0. The van der Waals surface area contributed by atoms with Crippen LogP contribution in [0.5, 0.6) is 0 Å². The molecule has 1 rings (SSSR count). The number of nitrogens with zero attached hydrogens (tertiary/aromatic N) is 1. The maximum atomic E-state index is 11.3. The lowest BCUT2D eigenvalue weighted by molar-refractivity contribution is -0.149. The Morgan fingerprint density at radius 2 is 1.88 bits per heavy atom. The van der Waals surface area contributed by atoms with Gasteiger partial charge in [0, 0.05) is 20.0 Å². The average Bonchev–Trinajstić information content (AvgIpc) is 2.26. The second kappa shape index (κ2) is 5.87. The van der Waals surface area contributed by atoms with Crippen LogP contribution in [-0.2, 0) is 14.3 Å². The van der Waals surface area contributed by atoms with Crippen LogP contribution in [0.1, 0.15) is 33.6 Å². The largest absolute Gasteiger partial charge is 0.465 e. The van der Waals surface area contributed by atoms with Gasteiger partial charge in [0.05, 0.1) is 12.5 Å². The lowest BCUT2D eigenvalue weighted by Gasteiger charge is -2.31. The van der Waals surface area contributed by atoms with Crippen LogP contribution in [0.3, 0.4) is 0 Å². The van der Waals surface area contributed by atoms with E-state index in [4.69, 9.17) is 4.74 Å². The molecule has 0 radical (unpaired) electrons. The predicted octanol–water partition coefficient (Wildman–Crippen LogP) is 1.44. The molecule has 16 heavy (non-hydrogen) atoms. The average molecular weight is 227 g/mol. The first-order valence-corrected chi connectivity index (χ1v) is 5.93. The molecule has 0 spiro atoms. The van der Waals surface area contributed by atoms with Gasteiger partial charge in [-0.05, 0) is 18.8 Å². The highest BCUT2D eigenvalue weighted by molar-refractivity contribution is 5.73. The van der Waals surface area contributed by atoms with Crippen LogP contribution < -0.4 is 0 Å². The molecule has 0 aromatic rings. The highest BCUT2D eigenvalue weighted by Gasteiger charge is 2.22. The molecule has 0 aromatic heterocycles. The normalized spacial score (nSPS) is 17.6. The summed E-state index contributed by atoms with van der Waals surface area (Å²) in [4.78, 5) is 24.2. The highest BCUT2D eigenvalue weighted by Crippen LogP contribution is 2.17. The first kappa shape index (κ1) is 13.0. The maximum Gasteiger partial charge on any atom is 0.308 e. The molecule has 4 heteroatoms. The van der Waals surface area contributed by atoms with Gasteiger partial charge in [-0.3, -0.25) is 9.59 Å². The van der Waals surface area contributed by atoms with Crippen molar-refractivity contribution in [2.75, 3.05) is 19.7 Å². The highest BCUT2D eigenvalue weighted by atomic mass is 16.5. The van der Waals surface area contributed by atoms with Crippen molar-refractivity contribution in [3.8, 4) is 0 Å². The van der Waals surface area contributed by atoms with Crippen molar-refractivity contribution < 1.29 is 14.3 Å². The van der Waals surface area contributed by atoms with Crippen LogP contribution in [0, 0.1) is 11.8 Å². The number of carbonyl (C=O) groups is 2. The van der Waals surface area contributed by atoms with Crippen LogP contribution in [0.15, 0.2) is 0 Å². The number of esters is 1. The SMILES string of the molecule is CC(=O)N1CCC(COC(=O)C(C)C)CC1. The molecule has 1 amide bonds. The Labute approximate surface area is 96.9 Å². The van der Waals surface area contributed by atoms with Gasteiger partial charge in [-0.15, -0.1) is 0 Å². The summed E-state index contributed by atoms with van der Waals surface area (Å²) in [5.41, 5.74) is 0. The fourth-order valence-corrected chi connectivity index (χ4v) is 1.78. The minimum absolute atomic E-state index is 0.0580. The van der Waals surface area contributed by atoms with E-state index >= 15 is 0 Å². The quantitative estimate of drug-likeness (QED) is 0.685. The minimum atomic E-state index is -0.131. The summed E-state index contributed by atoms with van der Waals surface area (Å²) in [5.74, 6) is 0.363. The van der Waals surface area contributed by atoms with E-state index in [0.29, 0.717) is 12.5 Å². The molecule has 1 saturated heterocycles. The third kappa shape index (κ3) is 3.83. The van der Waals surface area contributed by atoms with E-state index in [2.05, 4.69) is 0 Å². The fraction of sp³-hybridized carbons (Fsp3) is 0.833. The first-order valence-electron chi connectivity index (χ1n) is 5.93. The first-order chi connectivity index (χ1) is 7.50. The van der Waals surface area contributed by atoms with Crippen molar-refractivity contribution in [1.82, 2.24) is 4.90 Å². The van der Waals surface area contributed by atoms with Gasteiger partial charge < -0.3 is 9.64 Å². The van der Waals surface area contributed by atoms with Crippen molar-refractivity contribution >= 4 is 11.9 Å². The van der Waals surface area contributed by atoms with Crippen LogP contribution in [0.2, 0.25) is 0 Å². The third-order valence-corrected chi connectivity index (χ3v) is 2.99. The van der Waals surface area contributed by atoms with Crippen LogP contribution in [0.25, 0.3) is 0 Å². The molecular formula is C12H21NO3. The predicted molar refractivity (Wildman–Crippen MR) is 60.8 cm³/mol. The van der Waals surface area contributed by atoms with Crippen LogP contribution in [0.4, 0.5) is 0 Å². The number of rotatable bonds is 3. The molecule has 0 unspecified atom stereocenters. The number of hydrogen-bond acceptors (Lipinski definition) is 3. The zero-order valence-corrected chi connectivity index (χ0v) is 10.4. The van der Waals surface area contributed by atoms with Crippen molar-refractivity contribution in [1.29, 1.82) is 0 Å². The van der Waals surface area contributed by atoms with Crippen molar-refractivity contribution in [2.24, 2.45) is 11.8 Å². The monoisotopic (exact) mass is 227 g/mol. The Bertz CT molecular complexity index is 255. The number of ether oxygens (including phenoxy) is 1. The second-order valence-corrected chi connectivity index (χ2v) is 4.73. The summed E-state index contributed by atoms with van der Waals surface area (Å²) in [6.07, 6.45) is 1.87. The Kier molecular flexibility index (Phi) is 4.77. The second-order valence-electron chi connectivity index (χ2n) is 4.73. The Morgan fingerprint density at radius 1 is 1.31 bits per heavy atom. The maximum absolute atomic E-state index is 11.3. The standard InChI is InChI=1S/C12H21NO3/c1-9(2)12(15)16-8-11-4-6-13(7-5-11)10(3)14/h9,11H,4-8H2,1-3H3. The molecule has 0 saturated carbocycles. The Balaban J connectivity index is 2.22. The van der Waals surface area contributed by atoms with Crippen LogP contribution >= 0.6 is 0 Å². The van der Waals surface area contributed by atoms with E-state index in [1.54, 1.807) is 6.92 Å². The lowest BCUT2D eigenvalue weighted by Crippen LogP contribution is -2.38. The van der Waals surface area contributed by atoms with Crippen molar-refractivity contribution in [3.05, 3.63) is 0 Å². The van der Waals surface area contributed by atoms with Gasteiger partial charge >= 0.3 is 5.97 Å². The van der Waals surface area contributed by atoms with E-state index in [9.17, 15) is 9.59 Å². The molecule has 0 atom stereocenters. The van der Waals surface area contributed by atoms with E-state index < -0.39 is 0 Å². The van der Waals surface area contributed by atoms with E-state index in [0.717, 1.165) is 25.9 Å². The number of likely N-dealkylation sites (tertiary alicyclic amines) is 1. The third-order valence-electron chi connectivity index (χ3n) is 2.99. The number of carbonyl (C=O) groups excluding carboxylic acids is 2. The van der Waals surface area contributed by atoms with E-state index in [1.807, 2.05) is 18.7 Å². The molecule has 0 aromatic carbocycles. The summed E-state index contributed by atoms with van der Waals surface area (Å²) in [6, 6.07) is 0. The van der Waals surface area contributed by atoms with E-state index in [-0.39, 0.29) is 17.8 Å². The van der Waals surface area contributed by atoms with E-state index in [1.165, 1.54) is 0 Å². The number of amides is 1. The van der Waals surface area contributed by atoms with Crippen LogP contribution in [-0.4, -0.2) is 36.5 Å². The molecule has 0 aliphatic carbocycles. The lowest BCUT2D eigenvalue weighted by atomic mass is 9.98. The number of hydrogen-bond donors (Lipinski definition) is 0. The molecule has 1 aliphatic rings. The van der Waals surface area contributed by atoms with Crippen molar-refractivity contribution in [2.45, 2.75) is 33.6 Å². The summed E-state index contributed by atoms with van der Waals surface area (Å²) in [7, 11) is 0. The smallest absolute Gasteiger partial charge is 0.308 e.